The van der Waals surface area contributed by atoms with Crippen LogP contribution in [0.15, 0.2) is 12.4 Å². The van der Waals surface area contributed by atoms with E-state index in [2.05, 4.69) is 28.6 Å². The molecule has 1 aromatic rings. The van der Waals surface area contributed by atoms with Gasteiger partial charge in [-0.2, -0.15) is 5.10 Å². The lowest BCUT2D eigenvalue weighted by Gasteiger charge is -2.20. The predicted molar refractivity (Wildman–Crippen MR) is 60.6 cm³/mol. The highest BCUT2D eigenvalue weighted by atomic mass is 15.2. The minimum atomic E-state index is 0.687. The minimum Gasteiger partial charge on any atom is -0.313 e. The number of aryl methyl sites for hydroxylation is 1. The second-order valence-electron chi connectivity index (χ2n) is 4.51. The molecule has 1 N–H and O–H groups in total. The first-order chi connectivity index (χ1) is 7.24. The Kier molecular flexibility index (Phi) is 3.38. The second-order valence-corrected chi connectivity index (χ2v) is 4.51. The van der Waals surface area contributed by atoms with Gasteiger partial charge in [-0.3, -0.25) is 4.68 Å². The molecule has 0 radical (unpaired) electrons. The lowest BCUT2D eigenvalue weighted by molar-refractivity contribution is 0.293. The average molecular weight is 208 g/mol. The van der Waals surface area contributed by atoms with Crippen LogP contribution in [0.5, 0.6) is 0 Å². The molecule has 2 heterocycles. The maximum absolute atomic E-state index is 4.18. The first-order valence-electron chi connectivity index (χ1n) is 5.63. The van der Waals surface area contributed by atoms with E-state index in [9.17, 15) is 0 Å². The Morgan fingerprint density at radius 2 is 2.53 bits per heavy atom. The monoisotopic (exact) mass is 208 g/mol. The topological polar surface area (TPSA) is 33.1 Å². The standard InChI is InChI=1S/C11H20N4/c1-14(9-11-4-3-5-12-11)7-10-6-13-15(2)8-10/h6,8,11-12H,3-5,7,9H2,1-2H3/t11-/m0/s1. The third-order valence-corrected chi connectivity index (χ3v) is 2.91. The third kappa shape index (κ3) is 3.04. The van der Waals surface area contributed by atoms with Crippen molar-refractivity contribution in [3.8, 4) is 0 Å². The highest BCUT2D eigenvalue weighted by molar-refractivity contribution is 5.03. The van der Waals surface area contributed by atoms with Gasteiger partial charge in [0.15, 0.2) is 0 Å². The van der Waals surface area contributed by atoms with Crippen molar-refractivity contribution in [1.29, 1.82) is 0 Å². The Labute approximate surface area is 91.3 Å². The van der Waals surface area contributed by atoms with E-state index in [1.165, 1.54) is 24.9 Å². The van der Waals surface area contributed by atoms with Gasteiger partial charge in [0.05, 0.1) is 6.20 Å². The molecule has 0 aromatic carbocycles. The van der Waals surface area contributed by atoms with Crippen LogP contribution in [0.1, 0.15) is 18.4 Å². The number of hydrogen-bond acceptors (Lipinski definition) is 3. The Morgan fingerprint density at radius 1 is 1.67 bits per heavy atom. The lowest BCUT2D eigenvalue weighted by Crippen LogP contribution is -2.34. The Bertz CT molecular complexity index is 301. The highest BCUT2D eigenvalue weighted by Crippen LogP contribution is 2.08. The quantitative estimate of drug-likeness (QED) is 0.787. The maximum Gasteiger partial charge on any atom is 0.0534 e. The molecule has 84 valence electrons. The van der Waals surface area contributed by atoms with Crippen molar-refractivity contribution in [1.82, 2.24) is 20.0 Å². The SMILES string of the molecule is CN(Cc1cnn(C)c1)C[C@@H]1CCCN1. The van der Waals surface area contributed by atoms with Gasteiger partial charge in [-0.25, -0.2) is 0 Å². The molecule has 0 unspecified atom stereocenters. The van der Waals surface area contributed by atoms with Gasteiger partial charge in [-0.15, -0.1) is 0 Å². The molecule has 0 aliphatic carbocycles. The molecule has 1 aliphatic heterocycles. The van der Waals surface area contributed by atoms with Gasteiger partial charge in [-0.1, -0.05) is 0 Å². The summed E-state index contributed by atoms with van der Waals surface area (Å²) in [5.41, 5.74) is 1.29. The van der Waals surface area contributed by atoms with Crippen LogP contribution in [0, 0.1) is 0 Å². The summed E-state index contributed by atoms with van der Waals surface area (Å²) in [6.45, 7) is 3.31. The molecule has 0 spiro atoms. The number of nitrogens with zero attached hydrogens (tertiary/aromatic N) is 3. The second kappa shape index (κ2) is 4.77. The lowest BCUT2D eigenvalue weighted by atomic mass is 10.2. The molecular formula is C11H20N4. The smallest absolute Gasteiger partial charge is 0.0534 e. The van der Waals surface area contributed by atoms with E-state index < -0.39 is 0 Å². The van der Waals surface area contributed by atoms with Crippen molar-refractivity contribution in [2.45, 2.75) is 25.4 Å². The van der Waals surface area contributed by atoms with Crippen LogP contribution in [-0.4, -0.2) is 40.9 Å². The molecule has 1 saturated heterocycles. The Hall–Kier alpha value is -0.870. The van der Waals surface area contributed by atoms with Crippen molar-refractivity contribution < 1.29 is 0 Å². The van der Waals surface area contributed by atoms with Gasteiger partial charge in [0, 0.05) is 37.9 Å². The van der Waals surface area contributed by atoms with Crippen LogP contribution < -0.4 is 5.32 Å². The number of aromatic nitrogens is 2. The molecule has 0 saturated carbocycles. The van der Waals surface area contributed by atoms with Crippen LogP contribution in [0.4, 0.5) is 0 Å². The molecule has 1 atom stereocenters. The number of likely N-dealkylation sites (N-methyl/N-ethyl adjacent to an activating group) is 1. The summed E-state index contributed by atoms with van der Waals surface area (Å²) in [5, 5.41) is 7.69. The van der Waals surface area contributed by atoms with Gasteiger partial charge in [-0.05, 0) is 26.4 Å². The van der Waals surface area contributed by atoms with Crippen molar-refractivity contribution in [2.24, 2.45) is 7.05 Å². The van der Waals surface area contributed by atoms with Crippen LogP contribution in [0.3, 0.4) is 0 Å². The van der Waals surface area contributed by atoms with Gasteiger partial charge in [0.1, 0.15) is 0 Å². The molecule has 1 fully saturated rings. The summed E-state index contributed by atoms with van der Waals surface area (Å²) < 4.78 is 1.86. The molecule has 1 aliphatic rings. The van der Waals surface area contributed by atoms with Crippen molar-refractivity contribution in [2.75, 3.05) is 20.1 Å². The highest BCUT2D eigenvalue weighted by Gasteiger charge is 2.15. The summed E-state index contributed by atoms with van der Waals surface area (Å²) in [4.78, 5) is 2.36. The molecule has 1 aromatic heterocycles. The van der Waals surface area contributed by atoms with Gasteiger partial charge >= 0.3 is 0 Å². The summed E-state index contributed by atoms with van der Waals surface area (Å²) in [6.07, 6.45) is 6.67. The Balaban J connectivity index is 1.78. The van der Waals surface area contributed by atoms with E-state index in [-0.39, 0.29) is 0 Å². The van der Waals surface area contributed by atoms with E-state index in [1.807, 2.05) is 17.9 Å². The first kappa shape index (κ1) is 10.6. The molecule has 15 heavy (non-hydrogen) atoms. The molecule has 0 bridgehead atoms. The summed E-state index contributed by atoms with van der Waals surface area (Å²) in [5.74, 6) is 0. The fraction of sp³-hybridized carbons (Fsp3) is 0.727. The summed E-state index contributed by atoms with van der Waals surface area (Å²) >= 11 is 0. The molecule has 4 heteroatoms. The molecular weight excluding hydrogens is 188 g/mol. The van der Waals surface area contributed by atoms with E-state index in [0.717, 1.165) is 13.1 Å². The van der Waals surface area contributed by atoms with E-state index in [0.29, 0.717) is 6.04 Å². The van der Waals surface area contributed by atoms with Gasteiger partial charge in [0.25, 0.3) is 0 Å². The minimum absolute atomic E-state index is 0.687. The van der Waals surface area contributed by atoms with Crippen LogP contribution in [0.2, 0.25) is 0 Å². The maximum atomic E-state index is 4.18. The number of rotatable bonds is 4. The zero-order valence-corrected chi connectivity index (χ0v) is 9.61. The molecule has 4 nitrogen and oxygen atoms in total. The van der Waals surface area contributed by atoms with E-state index in [4.69, 9.17) is 0 Å². The van der Waals surface area contributed by atoms with Crippen molar-refractivity contribution in [3.05, 3.63) is 18.0 Å². The molecule has 0 amide bonds. The summed E-state index contributed by atoms with van der Waals surface area (Å²) in [6, 6.07) is 0.687. The van der Waals surface area contributed by atoms with E-state index in [1.54, 1.807) is 0 Å². The summed E-state index contributed by atoms with van der Waals surface area (Å²) in [7, 11) is 4.13. The fourth-order valence-corrected chi connectivity index (χ4v) is 2.22. The predicted octanol–water partition coefficient (Wildman–Crippen LogP) is 0.604. The van der Waals surface area contributed by atoms with Crippen molar-refractivity contribution in [3.63, 3.8) is 0 Å². The zero-order chi connectivity index (χ0) is 10.7. The first-order valence-corrected chi connectivity index (χ1v) is 5.63. The third-order valence-electron chi connectivity index (χ3n) is 2.91. The zero-order valence-electron chi connectivity index (χ0n) is 9.61. The molecule has 2 rings (SSSR count). The number of hydrogen-bond donors (Lipinski definition) is 1. The van der Waals surface area contributed by atoms with Crippen LogP contribution in [-0.2, 0) is 13.6 Å². The normalized spacial score (nSPS) is 21.4. The number of nitrogens with one attached hydrogen (secondary N) is 1. The largest absolute Gasteiger partial charge is 0.313 e. The average Bonchev–Trinajstić information content (AvgIpc) is 2.77. The van der Waals surface area contributed by atoms with Crippen LogP contribution in [0.25, 0.3) is 0 Å². The van der Waals surface area contributed by atoms with Crippen molar-refractivity contribution >= 4 is 0 Å². The fourth-order valence-electron chi connectivity index (χ4n) is 2.22. The van der Waals surface area contributed by atoms with Gasteiger partial charge < -0.3 is 10.2 Å². The Morgan fingerprint density at radius 3 is 3.13 bits per heavy atom. The van der Waals surface area contributed by atoms with E-state index >= 15 is 0 Å². The van der Waals surface area contributed by atoms with Crippen LogP contribution >= 0.6 is 0 Å². The van der Waals surface area contributed by atoms with Gasteiger partial charge in [0.2, 0.25) is 0 Å².